The summed E-state index contributed by atoms with van der Waals surface area (Å²) in [5.41, 5.74) is 5.44. The van der Waals surface area contributed by atoms with E-state index in [4.69, 9.17) is 4.74 Å². The first-order chi connectivity index (χ1) is 13.9. The number of hydrogen-bond acceptors (Lipinski definition) is 5. The lowest BCUT2D eigenvalue weighted by molar-refractivity contribution is -0.110. The highest BCUT2D eigenvalue weighted by Crippen LogP contribution is 2.36. The Balaban J connectivity index is 1.89. The van der Waals surface area contributed by atoms with Gasteiger partial charge in [0.1, 0.15) is 0 Å². The predicted molar refractivity (Wildman–Crippen MR) is 116 cm³/mol. The van der Waals surface area contributed by atoms with Gasteiger partial charge < -0.3 is 20.3 Å². The Morgan fingerprint density at radius 1 is 1.10 bits per heavy atom. The topological polar surface area (TPSA) is 70.7 Å². The van der Waals surface area contributed by atoms with Crippen molar-refractivity contribution in [1.82, 2.24) is 4.90 Å². The second-order valence-corrected chi connectivity index (χ2v) is 7.20. The van der Waals surface area contributed by atoms with Crippen LogP contribution in [0.1, 0.15) is 41.8 Å². The maximum Gasteiger partial charge on any atom is 0.338 e. The van der Waals surface area contributed by atoms with Gasteiger partial charge in [-0.3, -0.25) is 4.79 Å². The molecule has 0 unspecified atom stereocenters. The fraction of sp³-hybridized carbons (Fsp3) is 0.304. The molecule has 0 bridgehead atoms. The molecule has 1 amide bonds. The van der Waals surface area contributed by atoms with Crippen LogP contribution in [0.4, 0.5) is 11.4 Å². The van der Waals surface area contributed by atoms with Crippen LogP contribution < -0.4 is 10.6 Å². The van der Waals surface area contributed by atoms with E-state index < -0.39 is 5.97 Å². The number of ether oxygens (including phenoxy) is 1. The van der Waals surface area contributed by atoms with Gasteiger partial charge in [0.05, 0.1) is 23.4 Å². The van der Waals surface area contributed by atoms with E-state index in [2.05, 4.69) is 27.7 Å². The van der Waals surface area contributed by atoms with E-state index in [1.807, 2.05) is 33.2 Å². The van der Waals surface area contributed by atoms with Gasteiger partial charge in [-0.2, -0.15) is 0 Å². The lowest BCUT2D eigenvalue weighted by atomic mass is 10.0. The number of benzene rings is 2. The van der Waals surface area contributed by atoms with Crippen molar-refractivity contribution >= 4 is 28.8 Å². The molecule has 0 saturated heterocycles. The first kappa shape index (κ1) is 20.6. The third-order valence-electron chi connectivity index (χ3n) is 4.68. The van der Waals surface area contributed by atoms with E-state index in [-0.39, 0.29) is 5.91 Å². The molecule has 3 rings (SSSR count). The number of carbonyl (C=O) groups is 2. The Morgan fingerprint density at radius 2 is 1.83 bits per heavy atom. The maximum atomic E-state index is 12.7. The number of anilines is 2. The van der Waals surface area contributed by atoms with E-state index >= 15 is 0 Å². The van der Waals surface area contributed by atoms with Crippen LogP contribution in [0.2, 0.25) is 0 Å². The minimum absolute atomic E-state index is 0.172. The number of hydrogen-bond donors (Lipinski definition) is 2. The van der Waals surface area contributed by atoms with Crippen molar-refractivity contribution in [2.75, 3.05) is 31.3 Å². The van der Waals surface area contributed by atoms with Crippen LogP contribution in [-0.2, 0) is 16.1 Å². The average molecular weight is 393 g/mol. The summed E-state index contributed by atoms with van der Waals surface area (Å²) in [6.07, 6.45) is 0.668. The largest absolute Gasteiger partial charge is 0.462 e. The number of fused-ring (bicyclic) bond motifs is 1. The SMILES string of the molecule is CCOC(=O)c1ccc2c(c1)NC(=O)C2=C(CC)Nc1ccc(CN(C)C)cc1. The van der Waals surface area contributed by atoms with Crippen LogP contribution in [0.25, 0.3) is 5.57 Å². The summed E-state index contributed by atoms with van der Waals surface area (Å²) in [5, 5.41) is 6.26. The number of esters is 1. The van der Waals surface area contributed by atoms with Crippen molar-refractivity contribution in [2.45, 2.75) is 26.8 Å². The highest BCUT2D eigenvalue weighted by Gasteiger charge is 2.28. The van der Waals surface area contributed by atoms with Crippen LogP contribution in [-0.4, -0.2) is 37.5 Å². The Morgan fingerprint density at radius 3 is 2.45 bits per heavy atom. The van der Waals surface area contributed by atoms with Crippen molar-refractivity contribution in [3.05, 3.63) is 64.9 Å². The molecule has 0 atom stereocenters. The molecule has 0 spiro atoms. The summed E-state index contributed by atoms with van der Waals surface area (Å²) in [5.74, 6) is -0.566. The van der Waals surface area contributed by atoms with Crippen LogP contribution in [0.3, 0.4) is 0 Å². The van der Waals surface area contributed by atoms with Gasteiger partial charge in [-0.1, -0.05) is 25.1 Å². The highest BCUT2D eigenvalue weighted by atomic mass is 16.5. The fourth-order valence-electron chi connectivity index (χ4n) is 3.37. The third-order valence-corrected chi connectivity index (χ3v) is 4.68. The molecule has 0 aliphatic carbocycles. The van der Waals surface area contributed by atoms with E-state index in [1.165, 1.54) is 5.56 Å². The second kappa shape index (κ2) is 8.92. The molecule has 1 aliphatic heterocycles. The Labute approximate surface area is 171 Å². The van der Waals surface area contributed by atoms with Crippen molar-refractivity contribution in [3.8, 4) is 0 Å². The average Bonchev–Trinajstić information content (AvgIpc) is 3.02. The van der Waals surface area contributed by atoms with Crippen LogP contribution in [0, 0.1) is 0 Å². The van der Waals surface area contributed by atoms with E-state index in [9.17, 15) is 9.59 Å². The van der Waals surface area contributed by atoms with Gasteiger partial charge in [0.15, 0.2) is 0 Å². The second-order valence-electron chi connectivity index (χ2n) is 7.20. The number of allylic oxidation sites excluding steroid dienone is 1. The molecule has 29 heavy (non-hydrogen) atoms. The normalized spacial score (nSPS) is 14.4. The summed E-state index contributed by atoms with van der Waals surface area (Å²) in [7, 11) is 4.07. The molecular weight excluding hydrogens is 366 g/mol. The quantitative estimate of drug-likeness (QED) is 0.547. The zero-order chi connectivity index (χ0) is 21.0. The Hall–Kier alpha value is -3.12. The summed E-state index contributed by atoms with van der Waals surface area (Å²) >= 11 is 0. The molecule has 1 heterocycles. The van der Waals surface area contributed by atoms with Gasteiger partial charge in [0.25, 0.3) is 5.91 Å². The molecule has 0 radical (unpaired) electrons. The minimum Gasteiger partial charge on any atom is -0.462 e. The van der Waals surface area contributed by atoms with Crippen molar-refractivity contribution in [3.63, 3.8) is 0 Å². The Kier molecular flexibility index (Phi) is 6.34. The maximum absolute atomic E-state index is 12.7. The molecule has 6 heteroatoms. The number of amides is 1. The zero-order valence-corrected chi connectivity index (χ0v) is 17.3. The summed E-state index contributed by atoms with van der Waals surface area (Å²) < 4.78 is 5.04. The van der Waals surface area contributed by atoms with Gasteiger partial charge in [-0.15, -0.1) is 0 Å². The molecule has 1 aliphatic rings. The molecule has 2 aromatic carbocycles. The summed E-state index contributed by atoms with van der Waals surface area (Å²) in [6, 6.07) is 13.4. The lowest BCUT2D eigenvalue weighted by Crippen LogP contribution is -2.11. The summed E-state index contributed by atoms with van der Waals surface area (Å²) in [4.78, 5) is 26.8. The summed E-state index contributed by atoms with van der Waals surface area (Å²) in [6.45, 7) is 4.96. The minimum atomic E-state index is -0.395. The molecule has 6 nitrogen and oxygen atoms in total. The smallest absolute Gasteiger partial charge is 0.338 e. The number of carbonyl (C=O) groups excluding carboxylic acids is 2. The first-order valence-corrected chi connectivity index (χ1v) is 9.79. The lowest BCUT2D eigenvalue weighted by Gasteiger charge is -2.14. The number of nitrogens with one attached hydrogen (secondary N) is 2. The zero-order valence-electron chi connectivity index (χ0n) is 17.3. The molecule has 0 fully saturated rings. The van der Waals surface area contributed by atoms with Gasteiger partial charge in [-0.25, -0.2) is 4.79 Å². The van der Waals surface area contributed by atoms with Crippen molar-refractivity contribution < 1.29 is 14.3 Å². The van der Waals surface area contributed by atoms with Crippen molar-refractivity contribution in [2.24, 2.45) is 0 Å². The monoisotopic (exact) mass is 393 g/mol. The Bertz CT molecular complexity index is 946. The van der Waals surface area contributed by atoms with Gasteiger partial charge in [-0.05, 0) is 57.3 Å². The fourth-order valence-corrected chi connectivity index (χ4v) is 3.37. The van der Waals surface area contributed by atoms with Crippen LogP contribution in [0.5, 0.6) is 0 Å². The van der Waals surface area contributed by atoms with E-state index in [0.717, 1.165) is 23.5 Å². The highest BCUT2D eigenvalue weighted by molar-refractivity contribution is 6.32. The van der Waals surface area contributed by atoms with Gasteiger partial charge >= 0.3 is 5.97 Å². The first-order valence-electron chi connectivity index (χ1n) is 9.79. The van der Waals surface area contributed by atoms with Gasteiger partial charge in [0, 0.05) is 23.5 Å². The standard InChI is InChI=1S/C23H27N3O3/c1-5-19(24-17-10-7-15(8-11-17)14-26(3)4)21-18-12-9-16(23(28)29-6-2)13-20(18)25-22(21)27/h7-13,24H,5-6,14H2,1-4H3,(H,25,27). The molecule has 0 saturated carbocycles. The molecule has 0 aromatic heterocycles. The molecule has 2 N–H and O–H groups in total. The van der Waals surface area contributed by atoms with Gasteiger partial charge in [0.2, 0.25) is 0 Å². The third kappa shape index (κ3) is 4.66. The molecular formula is C23H27N3O3. The number of nitrogens with zero attached hydrogens (tertiary/aromatic N) is 1. The number of rotatable bonds is 7. The van der Waals surface area contributed by atoms with Crippen LogP contribution in [0.15, 0.2) is 48.2 Å². The van der Waals surface area contributed by atoms with Crippen molar-refractivity contribution in [1.29, 1.82) is 0 Å². The van der Waals surface area contributed by atoms with E-state index in [1.54, 1.807) is 25.1 Å². The van der Waals surface area contributed by atoms with Crippen LogP contribution >= 0.6 is 0 Å². The van der Waals surface area contributed by atoms with E-state index in [0.29, 0.717) is 29.9 Å². The predicted octanol–water partition coefficient (Wildman–Crippen LogP) is 4.11. The molecule has 2 aromatic rings. The molecule has 152 valence electrons.